The Morgan fingerprint density at radius 3 is 2.94 bits per heavy atom. The Hall–Kier alpha value is -1.94. The maximum Gasteiger partial charge on any atom is 0.171 e. The van der Waals surface area contributed by atoms with Gasteiger partial charge in [0.15, 0.2) is 11.6 Å². The zero-order valence-corrected chi connectivity index (χ0v) is 9.88. The Labute approximate surface area is 102 Å². The van der Waals surface area contributed by atoms with E-state index in [1.807, 2.05) is 25.1 Å². The van der Waals surface area contributed by atoms with Crippen LogP contribution in [0.5, 0.6) is 0 Å². The molecular weight excluding hydrogens is 238 g/mol. The third-order valence-corrected chi connectivity index (χ3v) is 3.06. The van der Waals surface area contributed by atoms with E-state index in [-0.39, 0.29) is 0 Å². The second kappa shape index (κ2) is 3.53. The molecular formula is C12H10ClN3O. The molecule has 0 bridgehead atoms. The van der Waals surface area contributed by atoms with Crippen molar-refractivity contribution < 1.29 is 4.52 Å². The molecule has 1 aromatic carbocycles. The maximum atomic E-state index is 6.13. The molecule has 0 aliphatic heterocycles. The molecule has 4 nitrogen and oxygen atoms in total. The van der Waals surface area contributed by atoms with E-state index >= 15 is 0 Å². The number of fused-ring (bicyclic) bond motifs is 1. The number of hydrogen-bond donors (Lipinski definition) is 2. The summed E-state index contributed by atoms with van der Waals surface area (Å²) in [6, 6.07) is 7.44. The summed E-state index contributed by atoms with van der Waals surface area (Å²) in [5.74, 6) is 1.02. The van der Waals surface area contributed by atoms with Crippen LogP contribution in [0.2, 0.25) is 5.02 Å². The zero-order chi connectivity index (χ0) is 12.0. The Morgan fingerprint density at radius 2 is 2.24 bits per heavy atom. The van der Waals surface area contributed by atoms with Crippen molar-refractivity contribution in [2.45, 2.75) is 6.92 Å². The summed E-state index contributed by atoms with van der Waals surface area (Å²) >= 11 is 6.13. The highest BCUT2D eigenvalue weighted by Crippen LogP contribution is 2.35. The number of para-hydroxylation sites is 1. The van der Waals surface area contributed by atoms with Crippen LogP contribution in [0.15, 0.2) is 28.8 Å². The van der Waals surface area contributed by atoms with Gasteiger partial charge in [-0.25, -0.2) is 0 Å². The van der Waals surface area contributed by atoms with Crippen molar-refractivity contribution >= 4 is 28.3 Å². The predicted molar refractivity (Wildman–Crippen MR) is 68.0 cm³/mol. The second-order valence-electron chi connectivity index (χ2n) is 3.90. The van der Waals surface area contributed by atoms with Crippen molar-refractivity contribution in [2.75, 3.05) is 5.73 Å². The van der Waals surface area contributed by atoms with Crippen LogP contribution < -0.4 is 5.73 Å². The molecule has 0 unspecified atom stereocenters. The van der Waals surface area contributed by atoms with Crippen molar-refractivity contribution in [3.8, 4) is 11.3 Å². The molecule has 0 fully saturated rings. The largest absolute Gasteiger partial charge is 0.381 e. The number of hydrogen-bond acceptors (Lipinski definition) is 3. The SMILES string of the molecule is Cc1[nH]c2c(Cl)cccc2c1-c1cc(N)no1. The number of H-pyrrole nitrogens is 1. The monoisotopic (exact) mass is 247 g/mol. The standard InChI is InChI=1S/C12H10ClN3O/c1-6-11(9-5-10(14)16-17-9)7-3-2-4-8(13)12(7)15-6/h2-5,15H,1H3,(H2,14,16). The molecule has 86 valence electrons. The lowest BCUT2D eigenvalue weighted by Crippen LogP contribution is -1.80. The number of nitrogens with zero attached hydrogens (tertiary/aromatic N) is 1. The summed E-state index contributed by atoms with van der Waals surface area (Å²) in [5.41, 5.74) is 8.39. The minimum Gasteiger partial charge on any atom is -0.381 e. The van der Waals surface area contributed by atoms with Crippen molar-refractivity contribution in [3.63, 3.8) is 0 Å². The number of nitrogens with one attached hydrogen (secondary N) is 1. The number of aromatic nitrogens is 2. The molecule has 0 radical (unpaired) electrons. The quantitative estimate of drug-likeness (QED) is 0.693. The molecule has 17 heavy (non-hydrogen) atoms. The van der Waals surface area contributed by atoms with E-state index in [9.17, 15) is 0 Å². The molecule has 3 rings (SSSR count). The number of anilines is 1. The van der Waals surface area contributed by atoms with Gasteiger partial charge in [-0.3, -0.25) is 0 Å². The van der Waals surface area contributed by atoms with Crippen LogP contribution in [0.25, 0.3) is 22.2 Å². The summed E-state index contributed by atoms with van der Waals surface area (Å²) in [7, 11) is 0. The van der Waals surface area contributed by atoms with E-state index in [2.05, 4.69) is 10.1 Å². The molecule has 2 aromatic heterocycles. The molecule has 0 saturated carbocycles. The van der Waals surface area contributed by atoms with Gasteiger partial charge >= 0.3 is 0 Å². The molecule has 0 spiro atoms. The van der Waals surface area contributed by atoms with Crippen molar-refractivity contribution in [1.29, 1.82) is 0 Å². The lowest BCUT2D eigenvalue weighted by Gasteiger charge is -1.95. The third kappa shape index (κ3) is 1.49. The van der Waals surface area contributed by atoms with Gasteiger partial charge in [0.25, 0.3) is 0 Å². The van der Waals surface area contributed by atoms with E-state index < -0.39 is 0 Å². The lowest BCUT2D eigenvalue weighted by atomic mass is 10.1. The van der Waals surface area contributed by atoms with Gasteiger partial charge in [0.1, 0.15) is 0 Å². The van der Waals surface area contributed by atoms with Gasteiger partial charge in [-0.1, -0.05) is 28.9 Å². The Bertz CT molecular complexity index is 699. The van der Waals surface area contributed by atoms with Gasteiger partial charge in [-0.2, -0.15) is 0 Å². The fourth-order valence-electron chi connectivity index (χ4n) is 2.04. The van der Waals surface area contributed by atoms with E-state index in [1.54, 1.807) is 6.07 Å². The van der Waals surface area contributed by atoms with Crippen molar-refractivity contribution in [1.82, 2.24) is 10.1 Å². The van der Waals surface area contributed by atoms with E-state index in [4.69, 9.17) is 21.9 Å². The molecule has 0 amide bonds. The van der Waals surface area contributed by atoms with Crippen LogP contribution in [0, 0.1) is 6.92 Å². The van der Waals surface area contributed by atoms with E-state index in [0.29, 0.717) is 16.6 Å². The van der Waals surface area contributed by atoms with Gasteiger partial charge in [0.2, 0.25) is 0 Å². The number of nitrogens with two attached hydrogens (primary N) is 1. The third-order valence-electron chi connectivity index (χ3n) is 2.75. The average Bonchev–Trinajstić information content (AvgIpc) is 2.82. The van der Waals surface area contributed by atoms with Gasteiger partial charge in [0, 0.05) is 22.7 Å². The minimum absolute atomic E-state index is 0.371. The van der Waals surface area contributed by atoms with Crippen molar-refractivity contribution in [2.24, 2.45) is 0 Å². The van der Waals surface area contributed by atoms with Gasteiger partial charge in [-0.15, -0.1) is 0 Å². The fourth-order valence-corrected chi connectivity index (χ4v) is 2.26. The number of rotatable bonds is 1. The first-order chi connectivity index (χ1) is 8.16. The van der Waals surface area contributed by atoms with Crippen LogP contribution in [-0.2, 0) is 0 Å². The number of benzene rings is 1. The summed E-state index contributed by atoms with van der Waals surface area (Å²) in [6.45, 7) is 1.96. The van der Waals surface area contributed by atoms with E-state index in [1.165, 1.54) is 0 Å². The summed E-state index contributed by atoms with van der Waals surface area (Å²) < 4.78 is 5.20. The number of nitrogen functional groups attached to an aromatic ring is 1. The first-order valence-corrected chi connectivity index (χ1v) is 5.54. The number of aryl methyl sites for hydroxylation is 1. The number of aromatic amines is 1. The molecule has 0 aliphatic carbocycles. The molecule has 0 aliphatic rings. The Balaban J connectivity index is 2.36. The normalized spacial score (nSPS) is 11.2. The highest BCUT2D eigenvalue weighted by molar-refractivity contribution is 6.35. The van der Waals surface area contributed by atoms with Crippen LogP contribution in [0.3, 0.4) is 0 Å². The Morgan fingerprint density at radius 1 is 1.41 bits per heavy atom. The second-order valence-corrected chi connectivity index (χ2v) is 4.31. The number of halogens is 1. The molecule has 3 aromatic rings. The highest BCUT2D eigenvalue weighted by Gasteiger charge is 2.15. The first-order valence-electron chi connectivity index (χ1n) is 5.16. The maximum absolute atomic E-state index is 6.13. The molecule has 0 atom stereocenters. The summed E-state index contributed by atoms with van der Waals surface area (Å²) in [6.07, 6.45) is 0. The average molecular weight is 248 g/mol. The van der Waals surface area contributed by atoms with Gasteiger partial charge in [0.05, 0.1) is 10.5 Å². The predicted octanol–water partition coefficient (Wildman–Crippen LogP) is 3.37. The van der Waals surface area contributed by atoms with E-state index in [0.717, 1.165) is 22.2 Å². The van der Waals surface area contributed by atoms with Gasteiger partial charge < -0.3 is 15.2 Å². The van der Waals surface area contributed by atoms with Gasteiger partial charge in [-0.05, 0) is 13.0 Å². The molecule has 5 heteroatoms. The topological polar surface area (TPSA) is 67.8 Å². The molecule has 2 heterocycles. The fraction of sp³-hybridized carbons (Fsp3) is 0.0833. The lowest BCUT2D eigenvalue weighted by molar-refractivity contribution is 0.436. The smallest absolute Gasteiger partial charge is 0.171 e. The first kappa shape index (κ1) is 10.2. The highest BCUT2D eigenvalue weighted by atomic mass is 35.5. The van der Waals surface area contributed by atoms with Crippen LogP contribution >= 0.6 is 11.6 Å². The van der Waals surface area contributed by atoms with Crippen LogP contribution in [-0.4, -0.2) is 10.1 Å². The Kier molecular flexibility index (Phi) is 2.12. The van der Waals surface area contributed by atoms with Crippen LogP contribution in [0.1, 0.15) is 5.69 Å². The molecule has 0 saturated heterocycles. The molecule has 3 N–H and O–H groups in total. The zero-order valence-electron chi connectivity index (χ0n) is 9.12. The van der Waals surface area contributed by atoms with Crippen molar-refractivity contribution in [3.05, 3.63) is 35.0 Å². The summed E-state index contributed by atoms with van der Waals surface area (Å²) in [4.78, 5) is 3.24. The minimum atomic E-state index is 0.371. The summed E-state index contributed by atoms with van der Waals surface area (Å²) in [5, 5.41) is 5.39. The van der Waals surface area contributed by atoms with Crippen LogP contribution in [0.4, 0.5) is 5.82 Å².